The highest BCUT2D eigenvalue weighted by Gasteiger charge is 2.34. The second-order valence-electron chi connectivity index (χ2n) is 6.13. The van der Waals surface area contributed by atoms with Gasteiger partial charge in [-0.25, -0.2) is 8.78 Å². The third-order valence-corrected chi connectivity index (χ3v) is 4.73. The number of hydrogen-bond donors (Lipinski definition) is 0. The summed E-state index contributed by atoms with van der Waals surface area (Å²) in [6, 6.07) is 14.8. The number of benzene rings is 2. The second-order valence-corrected chi connectivity index (χ2v) is 6.13. The van der Waals surface area contributed by atoms with Crippen LogP contribution in [0.25, 0.3) is 0 Å². The van der Waals surface area contributed by atoms with Crippen molar-refractivity contribution in [2.75, 3.05) is 0 Å². The largest absolute Gasteiger partial charge is 0.204 e. The quantitative estimate of drug-likeness (QED) is 0.707. The van der Waals surface area contributed by atoms with Gasteiger partial charge < -0.3 is 0 Å². The van der Waals surface area contributed by atoms with Crippen LogP contribution < -0.4 is 0 Å². The summed E-state index contributed by atoms with van der Waals surface area (Å²) in [5, 5.41) is 0. The summed E-state index contributed by atoms with van der Waals surface area (Å²) in [7, 11) is 0. The lowest BCUT2D eigenvalue weighted by atomic mass is 9.66. The fraction of sp³-hybridized carbons (Fsp3) is 0.368. The van der Waals surface area contributed by atoms with Gasteiger partial charge in [-0.1, -0.05) is 55.7 Å². The molecule has 2 aromatic carbocycles. The van der Waals surface area contributed by atoms with Crippen molar-refractivity contribution in [3.63, 3.8) is 0 Å². The van der Waals surface area contributed by atoms with Crippen LogP contribution in [0.3, 0.4) is 0 Å². The lowest BCUT2D eigenvalue weighted by Crippen LogP contribution is -2.31. The lowest BCUT2D eigenvalue weighted by molar-refractivity contribution is 0.289. The average Bonchev–Trinajstić information content (AvgIpc) is 2.52. The van der Waals surface area contributed by atoms with Crippen molar-refractivity contribution in [2.45, 2.75) is 43.9 Å². The van der Waals surface area contributed by atoms with E-state index in [0.29, 0.717) is 0 Å². The normalized spacial score (nSPS) is 17.6. The standard InChI is InChI=1S/C19H20F2/c20-17-10-9-16(13-18(17)21)19(11-5-2-6-12-19)14-15-7-3-1-4-8-15/h1,3-4,7-10,13H,2,5-6,11-12,14H2. The van der Waals surface area contributed by atoms with E-state index in [1.54, 1.807) is 6.07 Å². The Morgan fingerprint density at radius 3 is 2.19 bits per heavy atom. The highest BCUT2D eigenvalue weighted by Crippen LogP contribution is 2.42. The smallest absolute Gasteiger partial charge is 0.159 e. The molecule has 0 aromatic heterocycles. The molecular formula is C19H20F2. The summed E-state index contributed by atoms with van der Waals surface area (Å²) >= 11 is 0. The zero-order chi connectivity index (χ0) is 14.7. The van der Waals surface area contributed by atoms with Crippen LogP contribution in [0.15, 0.2) is 48.5 Å². The minimum atomic E-state index is -0.760. The van der Waals surface area contributed by atoms with Crippen molar-refractivity contribution in [1.82, 2.24) is 0 Å². The van der Waals surface area contributed by atoms with Crippen LogP contribution in [0.2, 0.25) is 0 Å². The molecule has 0 amide bonds. The average molecular weight is 286 g/mol. The summed E-state index contributed by atoms with van der Waals surface area (Å²) in [4.78, 5) is 0. The first-order valence-corrected chi connectivity index (χ1v) is 7.69. The maximum Gasteiger partial charge on any atom is 0.159 e. The zero-order valence-electron chi connectivity index (χ0n) is 12.1. The number of hydrogen-bond acceptors (Lipinski definition) is 0. The van der Waals surface area contributed by atoms with Crippen molar-refractivity contribution in [2.24, 2.45) is 0 Å². The van der Waals surface area contributed by atoms with E-state index in [1.165, 1.54) is 24.1 Å². The molecule has 1 aliphatic carbocycles. The van der Waals surface area contributed by atoms with Crippen molar-refractivity contribution in [1.29, 1.82) is 0 Å². The van der Waals surface area contributed by atoms with E-state index in [0.717, 1.165) is 37.7 Å². The molecule has 1 fully saturated rings. The third kappa shape index (κ3) is 2.99. The first kappa shape index (κ1) is 14.2. The van der Waals surface area contributed by atoms with Crippen molar-refractivity contribution in [3.8, 4) is 0 Å². The van der Waals surface area contributed by atoms with Crippen LogP contribution in [0.4, 0.5) is 8.78 Å². The Morgan fingerprint density at radius 1 is 0.810 bits per heavy atom. The Balaban J connectivity index is 1.98. The molecule has 110 valence electrons. The van der Waals surface area contributed by atoms with E-state index in [-0.39, 0.29) is 5.41 Å². The summed E-state index contributed by atoms with van der Waals surface area (Å²) < 4.78 is 26.9. The topological polar surface area (TPSA) is 0 Å². The maximum absolute atomic E-state index is 13.7. The van der Waals surface area contributed by atoms with Gasteiger partial charge in [0.1, 0.15) is 0 Å². The summed E-state index contributed by atoms with van der Waals surface area (Å²) in [6.45, 7) is 0. The lowest BCUT2D eigenvalue weighted by Gasteiger charge is -2.38. The molecule has 0 nitrogen and oxygen atoms in total. The molecule has 2 heteroatoms. The van der Waals surface area contributed by atoms with E-state index < -0.39 is 11.6 Å². The molecule has 3 rings (SSSR count). The highest BCUT2D eigenvalue weighted by atomic mass is 19.2. The molecule has 0 radical (unpaired) electrons. The molecule has 1 aliphatic rings. The number of halogens is 2. The molecule has 0 N–H and O–H groups in total. The highest BCUT2D eigenvalue weighted by molar-refractivity contribution is 5.31. The molecule has 0 aliphatic heterocycles. The van der Waals surface area contributed by atoms with Gasteiger partial charge in [0.25, 0.3) is 0 Å². The van der Waals surface area contributed by atoms with Crippen LogP contribution in [0.1, 0.15) is 43.2 Å². The van der Waals surface area contributed by atoms with E-state index in [4.69, 9.17) is 0 Å². The first-order chi connectivity index (χ1) is 10.2. The molecule has 0 saturated heterocycles. The summed E-state index contributed by atoms with van der Waals surface area (Å²) in [6.07, 6.45) is 6.55. The monoisotopic (exact) mass is 286 g/mol. The van der Waals surface area contributed by atoms with Crippen LogP contribution >= 0.6 is 0 Å². The Kier molecular flexibility index (Phi) is 4.05. The molecule has 0 unspecified atom stereocenters. The van der Waals surface area contributed by atoms with Gasteiger partial charge in [-0.2, -0.15) is 0 Å². The van der Waals surface area contributed by atoms with Crippen molar-refractivity contribution >= 4 is 0 Å². The summed E-state index contributed by atoms with van der Waals surface area (Å²) in [5.74, 6) is -1.49. The molecular weight excluding hydrogens is 266 g/mol. The van der Waals surface area contributed by atoms with Crippen molar-refractivity contribution < 1.29 is 8.78 Å². The van der Waals surface area contributed by atoms with E-state index >= 15 is 0 Å². The van der Waals surface area contributed by atoms with E-state index in [2.05, 4.69) is 12.1 Å². The Labute approximate surface area is 124 Å². The number of rotatable bonds is 3. The minimum absolute atomic E-state index is 0.0475. The zero-order valence-corrected chi connectivity index (χ0v) is 12.1. The van der Waals surface area contributed by atoms with Gasteiger partial charge >= 0.3 is 0 Å². The summed E-state index contributed by atoms with van der Waals surface area (Å²) in [5.41, 5.74) is 2.17. The van der Waals surface area contributed by atoms with Gasteiger partial charge in [-0.15, -0.1) is 0 Å². The van der Waals surface area contributed by atoms with Crippen molar-refractivity contribution in [3.05, 3.63) is 71.3 Å². The Morgan fingerprint density at radius 2 is 1.52 bits per heavy atom. The SMILES string of the molecule is Fc1ccc(C2(Cc3ccccc3)CCCCC2)cc1F. The van der Waals surface area contributed by atoms with Gasteiger partial charge in [-0.05, 0) is 47.9 Å². The molecule has 2 aromatic rings. The molecule has 0 bridgehead atoms. The Bertz CT molecular complexity index is 598. The minimum Gasteiger partial charge on any atom is -0.204 e. The molecule has 0 atom stereocenters. The first-order valence-electron chi connectivity index (χ1n) is 7.69. The van der Waals surface area contributed by atoms with Crippen LogP contribution in [0.5, 0.6) is 0 Å². The third-order valence-electron chi connectivity index (χ3n) is 4.73. The fourth-order valence-electron chi connectivity index (χ4n) is 3.61. The van der Waals surface area contributed by atoms with Gasteiger partial charge in [0.15, 0.2) is 11.6 Å². The fourth-order valence-corrected chi connectivity index (χ4v) is 3.61. The predicted molar refractivity (Wildman–Crippen MR) is 81.3 cm³/mol. The van der Waals surface area contributed by atoms with Gasteiger partial charge in [0.2, 0.25) is 0 Å². The molecule has 1 saturated carbocycles. The van der Waals surface area contributed by atoms with Gasteiger partial charge in [0.05, 0.1) is 0 Å². The molecule has 21 heavy (non-hydrogen) atoms. The molecule has 0 heterocycles. The molecule has 0 spiro atoms. The predicted octanol–water partition coefficient (Wildman–Crippen LogP) is 5.41. The van der Waals surface area contributed by atoms with Crippen LogP contribution in [-0.2, 0) is 11.8 Å². The van der Waals surface area contributed by atoms with Gasteiger partial charge in [0, 0.05) is 0 Å². The van der Waals surface area contributed by atoms with Gasteiger partial charge in [-0.3, -0.25) is 0 Å². The second kappa shape index (κ2) is 5.97. The van der Waals surface area contributed by atoms with Crippen LogP contribution in [0, 0.1) is 11.6 Å². The Hall–Kier alpha value is -1.70. The van der Waals surface area contributed by atoms with E-state index in [9.17, 15) is 8.78 Å². The van der Waals surface area contributed by atoms with Crippen LogP contribution in [-0.4, -0.2) is 0 Å². The maximum atomic E-state index is 13.7. The van der Waals surface area contributed by atoms with E-state index in [1.807, 2.05) is 18.2 Å².